The monoisotopic (exact) mass is 301 g/mol. The third-order valence-corrected chi connectivity index (χ3v) is 3.64. The molecule has 2 N–H and O–H groups in total. The molecule has 1 aromatic carbocycles. The van der Waals surface area contributed by atoms with Gasteiger partial charge < -0.3 is 10.4 Å². The van der Waals surface area contributed by atoms with Crippen molar-refractivity contribution in [3.8, 4) is 0 Å². The Morgan fingerprint density at radius 3 is 2.14 bits per heavy atom. The molecule has 0 heterocycles. The highest BCUT2D eigenvalue weighted by molar-refractivity contribution is 5.88. The molecule has 1 fully saturated rings. The van der Waals surface area contributed by atoms with E-state index in [1.807, 2.05) is 0 Å². The van der Waals surface area contributed by atoms with Crippen LogP contribution in [0.2, 0.25) is 0 Å². The number of nitrogens with one attached hydrogen (secondary N) is 1. The second kappa shape index (κ2) is 5.38. The van der Waals surface area contributed by atoms with E-state index in [9.17, 15) is 22.8 Å². The lowest BCUT2D eigenvalue weighted by molar-refractivity contribution is -0.151. The molecule has 1 aliphatic carbocycles. The smallest absolute Gasteiger partial charge is 0.416 e. The molecule has 1 amide bonds. The Morgan fingerprint density at radius 1 is 1.19 bits per heavy atom. The summed E-state index contributed by atoms with van der Waals surface area (Å²) in [6, 6.07) is 4.24. The van der Waals surface area contributed by atoms with Gasteiger partial charge in [-0.25, -0.2) is 4.79 Å². The Morgan fingerprint density at radius 2 is 1.76 bits per heavy atom. The third-order valence-electron chi connectivity index (χ3n) is 3.64. The fraction of sp³-hybridized carbons (Fsp3) is 0.429. The molecule has 0 radical (unpaired) electrons. The molecule has 2 rings (SSSR count). The van der Waals surface area contributed by atoms with Gasteiger partial charge in [-0.05, 0) is 37.0 Å². The van der Waals surface area contributed by atoms with Crippen molar-refractivity contribution in [2.75, 3.05) is 0 Å². The molecule has 1 aliphatic rings. The summed E-state index contributed by atoms with van der Waals surface area (Å²) in [5, 5.41) is 11.5. The van der Waals surface area contributed by atoms with Gasteiger partial charge in [-0.15, -0.1) is 0 Å². The molecule has 0 aliphatic heterocycles. The largest absolute Gasteiger partial charge is 0.480 e. The maximum Gasteiger partial charge on any atom is 0.416 e. The van der Waals surface area contributed by atoms with E-state index in [1.54, 1.807) is 0 Å². The van der Waals surface area contributed by atoms with Gasteiger partial charge in [0.2, 0.25) is 5.91 Å². The third kappa shape index (κ3) is 3.34. The van der Waals surface area contributed by atoms with Crippen molar-refractivity contribution < 1.29 is 27.9 Å². The Hall–Kier alpha value is -2.05. The first-order valence-electron chi connectivity index (χ1n) is 6.43. The predicted molar refractivity (Wildman–Crippen MR) is 67.5 cm³/mol. The van der Waals surface area contributed by atoms with Gasteiger partial charge in [0, 0.05) is 0 Å². The fourth-order valence-electron chi connectivity index (χ4n) is 2.23. The van der Waals surface area contributed by atoms with E-state index in [0.29, 0.717) is 18.4 Å². The van der Waals surface area contributed by atoms with Gasteiger partial charge in [-0.1, -0.05) is 12.1 Å². The number of aliphatic carboxylic acids is 1. The van der Waals surface area contributed by atoms with Gasteiger partial charge in [0.25, 0.3) is 0 Å². The molecule has 1 aromatic rings. The van der Waals surface area contributed by atoms with Crippen molar-refractivity contribution in [3.05, 3.63) is 35.4 Å². The number of amides is 1. The van der Waals surface area contributed by atoms with Gasteiger partial charge in [0.05, 0.1) is 12.0 Å². The summed E-state index contributed by atoms with van der Waals surface area (Å²) in [6.45, 7) is 0. The van der Waals surface area contributed by atoms with Crippen molar-refractivity contribution in [2.45, 2.75) is 37.4 Å². The second-order valence-electron chi connectivity index (χ2n) is 5.16. The van der Waals surface area contributed by atoms with Gasteiger partial charge in [0.1, 0.15) is 5.54 Å². The Bertz CT molecular complexity index is 548. The zero-order chi connectivity index (χ0) is 15.7. The van der Waals surface area contributed by atoms with E-state index in [-0.39, 0.29) is 6.42 Å². The number of halogens is 3. The van der Waals surface area contributed by atoms with Crippen LogP contribution in [-0.2, 0) is 22.2 Å². The van der Waals surface area contributed by atoms with Crippen molar-refractivity contribution in [3.63, 3.8) is 0 Å². The normalized spacial score (nSPS) is 16.9. The number of hydrogen-bond donors (Lipinski definition) is 2. The molecular weight excluding hydrogens is 287 g/mol. The van der Waals surface area contributed by atoms with Crippen molar-refractivity contribution in [1.82, 2.24) is 5.32 Å². The number of benzene rings is 1. The Kier molecular flexibility index (Phi) is 3.93. The average Bonchev–Trinajstić information content (AvgIpc) is 2.33. The minimum absolute atomic E-state index is 0.146. The van der Waals surface area contributed by atoms with Crippen LogP contribution in [0.25, 0.3) is 0 Å². The van der Waals surface area contributed by atoms with Crippen molar-refractivity contribution in [2.24, 2.45) is 0 Å². The highest BCUT2D eigenvalue weighted by Gasteiger charge is 2.45. The van der Waals surface area contributed by atoms with Crippen LogP contribution in [0.4, 0.5) is 13.2 Å². The molecule has 0 saturated heterocycles. The van der Waals surface area contributed by atoms with E-state index < -0.39 is 29.2 Å². The zero-order valence-electron chi connectivity index (χ0n) is 11.0. The summed E-state index contributed by atoms with van der Waals surface area (Å²) in [7, 11) is 0. The number of alkyl halides is 3. The van der Waals surface area contributed by atoms with Gasteiger partial charge in [-0.2, -0.15) is 13.2 Å². The minimum Gasteiger partial charge on any atom is -0.480 e. The number of carboxylic acid groups (broad SMARTS) is 1. The lowest BCUT2D eigenvalue weighted by Gasteiger charge is -2.38. The molecule has 4 nitrogen and oxygen atoms in total. The summed E-state index contributed by atoms with van der Waals surface area (Å²) in [5.41, 5.74) is -1.59. The highest BCUT2D eigenvalue weighted by Crippen LogP contribution is 2.32. The number of hydrogen-bond acceptors (Lipinski definition) is 2. The number of carbonyl (C=O) groups excluding carboxylic acids is 1. The SMILES string of the molecule is O=C(Cc1ccc(C(F)(F)F)cc1)NC1(C(=O)O)CCC1. The van der Waals surface area contributed by atoms with Crippen LogP contribution in [0.15, 0.2) is 24.3 Å². The molecular formula is C14H14F3NO3. The van der Waals surface area contributed by atoms with Crippen LogP contribution >= 0.6 is 0 Å². The zero-order valence-corrected chi connectivity index (χ0v) is 11.0. The van der Waals surface area contributed by atoms with Crippen molar-refractivity contribution >= 4 is 11.9 Å². The summed E-state index contributed by atoms with van der Waals surface area (Å²) < 4.78 is 37.2. The van der Waals surface area contributed by atoms with Crippen LogP contribution in [0.1, 0.15) is 30.4 Å². The lowest BCUT2D eigenvalue weighted by Crippen LogP contribution is -2.59. The van der Waals surface area contributed by atoms with E-state index in [2.05, 4.69) is 5.32 Å². The van der Waals surface area contributed by atoms with Crippen molar-refractivity contribution in [1.29, 1.82) is 0 Å². The first-order valence-corrected chi connectivity index (χ1v) is 6.43. The van der Waals surface area contributed by atoms with E-state index in [1.165, 1.54) is 12.1 Å². The molecule has 114 valence electrons. The Labute approximate surface area is 119 Å². The molecule has 0 aromatic heterocycles. The van der Waals surface area contributed by atoms with Crippen LogP contribution in [-0.4, -0.2) is 22.5 Å². The van der Waals surface area contributed by atoms with Crippen LogP contribution < -0.4 is 5.32 Å². The number of carboxylic acids is 1. The minimum atomic E-state index is -4.42. The standard InChI is InChI=1S/C14H14F3NO3/c15-14(16,17)10-4-2-9(3-5-10)8-11(19)18-13(12(20)21)6-1-7-13/h2-5H,1,6-8H2,(H,18,19)(H,20,21). The summed E-state index contributed by atoms with van der Waals surface area (Å²) in [5.74, 6) is -1.58. The summed E-state index contributed by atoms with van der Waals surface area (Å²) in [6.07, 6.45) is -3.08. The predicted octanol–water partition coefficient (Wildman–Crippen LogP) is 2.37. The average molecular weight is 301 g/mol. The highest BCUT2D eigenvalue weighted by atomic mass is 19.4. The van der Waals surface area contributed by atoms with E-state index in [4.69, 9.17) is 5.11 Å². The Balaban J connectivity index is 1.98. The molecule has 0 spiro atoms. The van der Waals surface area contributed by atoms with Gasteiger partial charge in [-0.3, -0.25) is 4.79 Å². The topological polar surface area (TPSA) is 66.4 Å². The van der Waals surface area contributed by atoms with Crippen LogP contribution in [0, 0.1) is 0 Å². The summed E-state index contributed by atoms with van der Waals surface area (Å²) in [4.78, 5) is 22.9. The number of carbonyl (C=O) groups is 2. The summed E-state index contributed by atoms with van der Waals surface area (Å²) >= 11 is 0. The maximum absolute atomic E-state index is 12.4. The molecule has 0 bridgehead atoms. The molecule has 0 atom stereocenters. The van der Waals surface area contributed by atoms with Crippen LogP contribution in [0.3, 0.4) is 0 Å². The maximum atomic E-state index is 12.4. The van der Waals surface area contributed by atoms with Gasteiger partial charge >= 0.3 is 12.1 Å². The van der Waals surface area contributed by atoms with E-state index >= 15 is 0 Å². The van der Waals surface area contributed by atoms with Gasteiger partial charge in [0.15, 0.2) is 0 Å². The molecule has 1 saturated carbocycles. The molecule has 21 heavy (non-hydrogen) atoms. The fourth-order valence-corrected chi connectivity index (χ4v) is 2.23. The van der Waals surface area contributed by atoms with E-state index in [0.717, 1.165) is 18.6 Å². The number of rotatable bonds is 4. The second-order valence-corrected chi connectivity index (χ2v) is 5.16. The quantitative estimate of drug-likeness (QED) is 0.897. The first kappa shape index (κ1) is 15.3. The van der Waals surface area contributed by atoms with Crippen LogP contribution in [0.5, 0.6) is 0 Å². The molecule has 0 unspecified atom stereocenters. The molecule has 7 heteroatoms. The first-order chi connectivity index (χ1) is 9.73. The lowest BCUT2D eigenvalue weighted by atomic mass is 9.76.